The zero-order valence-corrected chi connectivity index (χ0v) is 10.8. The molecule has 90 valence electrons. The van der Waals surface area contributed by atoms with Gasteiger partial charge in [0.2, 0.25) is 0 Å². The molecule has 0 radical (unpaired) electrons. The number of nitrogens with one attached hydrogen (secondary N) is 1. The molecule has 5 heteroatoms. The van der Waals surface area contributed by atoms with Crippen LogP contribution in [0.1, 0.15) is 15.6 Å². The quantitative estimate of drug-likeness (QED) is 0.776. The molecule has 0 atom stereocenters. The summed E-state index contributed by atoms with van der Waals surface area (Å²) in [5, 5.41) is 4.54. The Morgan fingerprint density at radius 1 is 1.56 bits per heavy atom. The van der Waals surface area contributed by atoms with Crippen LogP contribution < -0.4 is 5.32 Å². The van der Waals surface area contributed by atoms with Crippen LogP contribution in [-0.4, -0.2) is 43.7 Å². The average Bonchev–Trinajstić information content (AvgIpc) is 2.66. The summed E-state index contributed by atoms with van der Waals surface area (Å²) in [4.78, 5) is 8.46. The lowest BCUT2D eigenvalue weighted by molar-refractivity contribution is 0.199. The van der Waals surface area contributed by atoms with Gasteiger partial charge in [-0.1, -0.05) is 0 Å². The molecule has 1 aliphatic heterocycles. The summed E-state index contributed by atoms with van der Waals surface area (Å²) in [6.07, 6.45) is 1.10. The van der Waals surface area contributed by atoms with E-state index >= 15 is 0 Å². The van der Waals surface area contributed by atoms with Gasteiger partial charge in [0.1, 0.15) is 5.01 Å². The van der Waals surface area contributed by atoms with Gasteiger partial charge in [-0.2, -0.15) is 0 Å². The van der Waals surface area contributed by atoms with Crippen molar-refractivity contribution >= 4 is 11.3 Å². The van der Waals surface area contributed by atoms with Gasteiger partial charge in [0, 0.05) is 44.6 Å². The second-order valence-electron chi connectivity index (χ2n) is 4.13. The van der Waals surface area contributed by atoms with Crippen LogP contribution in [0.15, 0.2) is 0 Å². The minimum absolute atomic E-state index is 0.758. The van der Waals surface area contributed by atoms with Gasteiger partial charge in [0.05, 0.1) is 12.3 Å². The van der Waals surface area contributed by atoms with Crippen molar-refractivity contribution in [2.45, 2.75) is 19.5 Å². The third-order valence-electron chi connectivity index (χ3n) is 2.73. The van der Waals surface area contributed by atoms with Gasteiger partial charge >= 0.3 is 0 Å². The molecular formula is C11H19N3OS. The summed E-state index contributed by atoms with van der Waals surface area (Å²) in [7, 11) is 3.89. The van der Waals surface area contributed by atoms with E-state index in [0.717, 1.165) is 39.2 Å². The van der Waals surface area contributed by atoms with Crippen molar-refractivity contribution < 1.29 is 4.74 Å². The predicted octanol–water partition coefficient (Wildman–Crippen LogP) is 0.867. The van der Waals surface area contributed by atoms with Crippen molar-refractivity contribution in [3.05, 3.63) is 15.6 Å². The maximum absolute atomic E-state index is 4.99. The normalized spacial score (nSPS) is 16.4. The summed E-state index contributed by atoms with van der Waals surface area (Å²) < 4.78 is 4.99. The molecule has 0 saturated heterocycles. The van der Waals surface area contributed by atoms with E-state index in [-0.39, 0.29) is 0 Å². The maximum atomic E-state index is 4.99. The van der Waals surface area contributed by atoms with Crippen LogP contribution in [0.2, 0.25) is 0 Å². The fourth-order valence-electron chi connectivity index (χ4n) is 1.82. The first kappa shape index (κ1) is 12.0. The number of ether oxygens (including phenoxy) is 1. The Labute approximate surface area is 101 Å². The Hall–Kier alpha value is -0.490. The summed E-state index contributed by atoms with van der Waals surface area (Å²) in [6, 6.07) is 0. The van der Waals surface area contributed by atoms with Gasteiger partial charge in [-0.05, 0) is 7.05 Å². The van der Waals surface area contributed by atoms with E-state index in [1.807, 2.05) is 11.3 Å². The molecule has 2 rings (SSSR count). The van der Waals surface area contributed by atoms with Crippen molar-refractivity contribution in [2.24, 2.45) is 0 Å². The lowest BCUT2D eigenvalue weighted by atomic mass is 10.2. The summed E-state index contributed by atoms with van der Waals surface area (Å²) in [6.45, 7) is 4.71. The van der Waals surface area contributed by atoms with Crippen molar-refractivity contribution in [1.29, 1.82) is 0 Å². The first-order valence-electron chi connectivity index (χ1n) is 5.65. The number of methoxy groups -OCH3 is 1. The molecule has 0 amide bonds. The molecule has 0 unspecified atom stereocenters. The number of hydrogen-bond acceptors (Lipinski definition) is 5. The molecule has 1 aromatic rings. The zero-order valence-electron chi connectivity index (χ0n) is 9.95. The second kappa shape index (κ2) is 5.72. The molecule has 1 aliphatic rings. The second-order valence-corrected chi connectivity index (χ2v) is 5.30. The molecule has 1 N–H and O–H groups in total. The summed E-state index contributed by atoms with van der Waals surface area (Å²) in [5.74, 6) is 0. The van der Waals surface area contributed by atoms with Gasteiger partial charge in [-0.3, -0.25) is 0 Å². The number of likely N-dealkylation sites (N-methyl/N-ethyl adjacent to an activating group) is 1. The van der Waals surface area contributed by atoms with Crippen LogP contribution in [-0.2, 0) is 24.2 Å². The highest BCUT2D eigenvalue weighted by atomic mass is 32.1. The first-order chi connectivity index (χ1) is 7.79. The average molecular weight is 241 g/mol. The van der Waals surface area contributed by atoms with E-state index in [4.69, 9.17) is 4.74 Å². The van der Waals surface area contributed by atoms with Gasteiger partial charge < -0.3 is 15.0 Å². The van der Waals surface area contributed by atoms with Crippen LogP contribution >= 0.6 is 11.3 Å². The molecule has 2 heterocycles. The molecule has 0 aliphatic carbocycles. The monoisotopic (exact) mass is 241 g/mol. The molecule has 1 aromatic heterocycles. The fourth-order valence-corrected chi connectivity index (χ4v) is 2.99. The van der Waals surface area contributed by atoms with Crippen LogP contribution in [0.3, 0.4) is 0 Å². The minimum Gasteiger partial charge on any atom is -0.383 e. The molecular weight excluding hydrogens is 222 g/mol. The largest absolute Gasteiger partial charge is 0.383 e. The molecule has 0 spiro atoms. The Balaban J connectivity index is 1.87. The van der Waals surface area contributed by atoms with Gasteiger partial charge in [-0.25, -0.2) is 4.98 Å². The SMILES string of the molecule is COCCNCc1nc2c(s1)CN(C)CC2. The topological polar surface area (TPSA) is 37.4 Å². The van der Waals surface area contributed by atoms with Crippen LogP contribution in [0.4, 0.5) is 0 Å². The van der Waals surface area contributed by atoms with Crippen LogP contribution in [0.5, 0.6) is 0 Å². The van der Waals surface area contributed by atoms with Crippen molar-refractivity contribution in [3.8, 4) is 0 Å². The summed E-state index contributed by atoms with van der Waals surface area (Å²) in [5.41, 5.74) is 1.31. The van der Waals surface area contributed by atoms with Crippen molar-refractivity contribution in [2.75, 3.05) is 33.9 Å². The number of aromatic nitrogens is 1. The predicted molar refractivity (Wildman–Crippen MR) is 65.7 cm³/mol. The standard InChI is InChI=1S/C11H19N3OS/c1-14-5-3-9-10(8-14)16-11(13-9)7-12-4-6-15-2/h12H,3-8H2,1-2H3. The Bertz CT molecular complexity index is 340. The third-order valence-corrected chi connectivity index (χ3v) is 3.81. The first-order valence-corrected chi connectivity index (χ1v) is 6.47. The van der Waals surface area contributed by atoms with Gasteiger partial charge in [0.15, 0.2) is 0 Å². The highest BCUT2D eigenvalue weighted by molar-refractivity contribution is 7.11. The number of rotatable bonds is 5. The molecule has 4 nitrogen and oxygen atoms in total. The Morgan fingerprint density at radius 3 is 3.25 bits per heavy atom. The number of nitrogens with zero attached hydrogens (tertiary/aromatic N) is 2. The lowest BCUT2D eigenvalue weighted by Gasteiger charge is -2.20. The molecule has 0 saturated carbocycles. The number of thiazole rings is 1. The molecule has 0 bridgehead atoms. The zero-order chi connectivity index (χ0) is 11.4. The van der Waals surface area contributed by atoms with Crippen LogP contribution in [0.25, 0.3) is 0 Å². The van der Waals surface area contributed by atoms with E-state index in [2.05, 4.69) is 22.2 Å². The van der Waals surface area contributed by atoms with Crippen LogP contribution in [0, 0.1) is 0 Å². The Morgan fingerprint density at radius 2 is 2.44 bits per heavy atom. The highest BCUT2D eigenvalue weighted by Crippen LogP contribution is 2.24. The highest BCUT2D eigenvalue weighted by Gasteiger charge is 2.17. The third kappa shape index (κ3) is 3.01. The Kier molecular flexibility index (Phi) is 4.29. The smallest absolute Gasteiger partial charge is 0.107 e. The summed E-state index contributed by atoms with van der Waals surface area (Å²) >= 11 is 1.84. The van der Waals surface area contributed by atoms with E-state index < -0.39 is 0 Å². The minimum atomic E-state index is 0.758. The maximum Gasteiger partial charge on any atom is 0.107 e. The van der Waals surface area contributed by atoms with E-state index in [9.17, 15) is 0 Å². The van der Waals surface area contributed by atoms with E-state index in [0.29, 0.717) is 0 Å². The van der Waals surface area contributed by atoms with Gasteiger partial charge in [-0.15, -0.1) is 11.3 Å². The molecule has 0 aromatic carbocycles. The molecule has 0 fully saturated rings. The number of fused-ring (bicyclic) bond motifs is 1. The number of hydrogen-bond donors (Lipinski definition) is 1. The van der Waals surface area contributed by atoms with Crippen molar-refractivity contribution in [3.63, 3.8) is 0 Å². The van der Waals surface area contributed by atoms with Crippen molar-refractivity contribution in [1.82, 2.24) is 15.2 Å². The fraction of sp³-hybridized carbons (Fsp3) is 0.727. The van der Waals surface area contributed by atoms with Gasteiger partial charge in [0.25, 0.3) is 0 Å². The lowest BCUT2D eigenvalue weighted by Crippen LogP contribution is -2.25. The molecule has 16 heavy (non-hydrogen) atoms. The van der Waals surface area contributed by atoms with E-state index in [1.54, 1.807) is 7.11 Å². The van der Waals surface area contributed by atoms with E-state index in [1.165, 1.54) is 15.6 Å².